The second-order valence-corrected chi connectivity index (χ2v) is 8.13. The molecular formula is C19H26ClN5OS. The summed E-state index contributed by atoms with van der Waals surface area (Å²) in [6.07, 6.45) is 2.86. The van der Waals surface area contributed by atoms with Gasteiger partial charge in [-0.15, -0.1) is 22.6 Å². The third-order valence-electron chi connectivity index (χ3n) is 5.29. The third kappa shape index (κ3) is 4.47. The highest BCUT2D eigenvalue weighted by Crippen LogP contribution is 2.31. The van der Waals surface area contributed by atoms with Crippen molar-refractivity contribution in [3.8, 4) is 0 Å². The number of thioether (sulfide) groups is 1. The predicted octanol–water partition coefficient (Wildman–Crippen LogP) is 2.85. The van der Waals surface area contributed by atoms with Crippen molar-refractivity contribution in [2.75, 3.05) is 30.3 Å². The molecule has 2 aromatic rings. The van der Waals surface area contributed by atoms with E-state index in [1.165, 1.54) is 0 Å². The van der Waals surface area contributed by atoms with Crippen LogP contribution in [0.15, 0.2) is 35.5 Å². The fourth-order valence-electron chi connectivity index (χ4n) is 3.83. The molecule has 1 aromatic carbocycles. The predicted molar refractivity (Wildman–Crippen MR) is 111 cm³/mol. The van der Waals surface area contributed by atoms with Gasteiger partial charge >= 0.3 is 0 Å². The smallest absolute Gasteiger partial charge is 0.227 e. The van der Waals surface area contributed by atoms with Gasteiger partial charge in [0.2, 0.25) is 5.91 Å². The first-order valence-electron chi connectivity index (χ1n) is 9.30. The molecule has 2 saturated heterocycles. The first-order chi connectivity index (χ1) is 12.7. The van der Waals surface area contributed by atoms with E-state index in [1.54, 1.807) is 11.8 Å². The Morgan fingerprint density at radius 2 is 1.93 bits per heavy atom. The van der Waals surface area contributed by atoms with Gasteiger partial charge in [0.15, 0.2) is 5.16 Å². The summed E-state index contributed by atoms with van der Waals surface area (Å²) < 4.78 is 2.15. The van der Waals surface area contributed by atoms with E-state index in [4.69, 9.17) is 0 Å². The fraction of sp³-hybridized carbons (Fsp3) is 0.526. The van der Waals surface area contributed by atoms with Gasteiger partial charge in [-0.3, -0.25) is 4.79 Å². The first kappa shape index (κ1) is 20.2. The van der Waals surface area contributed by atoms with Crippen LogP contribution in [0.4, 0.5) is 5.69 Å². The Balaban J connectivity index is 0.00000210. The summed E-state index contributed by atoms with van der Waals surface area (Å²) in [5.74, 6) is 3.07. The van der Waals surface area contributed by atoms with Gasteiger partial charge in [0.1, 0.15) is 5.82 Å². The Labute approximate surface area is 170 Å². The zero-order valence-electron chi connectivity index (χ0n) is 15.5. The molecule has 0 bridgehead atoms. The van der Waals surface area contributed by atoms with E-state index < -0.39 is 0 Å². The quantitative estimate of drug-likeness (QED) is 0.772. The largest absolute Gasteiger partial charge is 0.317 e. The van der Waals surface area contributed by atoms with Crippen LogP contribution in [0.2, 0.25) is 0 Å². The fourth-order valence-corrected chi connectivity index (χ4v) is 4.82. The van der Waals surface area contributed by atoms with Crippen molar-refractivity contribution in [3.63, 3.8) is 0 Å². The highest BCUT2D eigenvalue weighted by molar-refractivity contribution is 7.99. The number of halogens is 1. The number of nitrogens with one attached hydrogen (secondary N) is 1. The number of amides is 1. The van der Waals surface area contributed by atoms with Crippen LogP contribution in [-0.4, -0.2) is 46.1 Å². The standard InChI is InChI=1S/C19H25N5OS.ClH/c1-23-18(15-7-9-20-10-8-15)21-22-19(23)26-13-14-11-17(25)24(12-14)16-5-3-2-4-6-16;/h2-6,14-15,20H,7-13H2,1H3;1H. The molecule has 2 fully saturated rings. The molecular weight excluding hydrogens is 382 g/mol. The summed E-state index contributed by atoms with van der Waals surface area (Å²) in [6, 6.07) is 9.94. The minimum atomic E-state index is 0. The molecule has 8 heteroatoms. The van der Waals surface area contributed by atoms with Crippen molar-refractivity contribution in [3.05, 3.63) is 36.2 Å². The van der Waals surface area contributed by atoms with Crippen molar-refractivity contribution in [1.82, 2.24) is 20.1 Å². The first-order valence-corrected chi connectivity index (χ1v) is 10.3. The molecule has 1 amide bonds. The molecule has 0 spiro atoms. The molecule has 3 heterocycles. The van der Waals surface area contributed by atoms with E-state index >= 15 is 0 Å². The molecule has 0 saturated carbocycles. The molecule has 2 aliphatic rings. The van der Waals surface area contributed by atoms with Gasteiger partial charge in [-0.1, -0.05) is 30.0 Å². The van der Waals surface area contributed by atoms with Crippen LogP contribution in [0.5, 0.6) is 0 Å². The summed E-state index contributed by atoms with van der Waals surface area (Å²) in [7, 11) is 2.07. The second kappa shape index (κ2) is 9.08. The van der Waals surface area contributed by atoms with Gasteiger partial charge < -0.3 is 14.8 Å². The van der Waals surface area contributed by atoms with Crippen LogP contribution < -0.4 is 10.2 Å². The van der Waals surface area contributed by atoms with Gasteiger partial charge in [-0.25, -0.2) is 0 Å². The maximum atomic E-state index is 12.4. The van der Waals surface area contributed by atoms with Gasteiger partial charge in [0.05, 0.1) is 0 Å². The number of para-hydroxylation sites is 1. The topological polar surface area (TPSA) is 63.1 Å². The minimum Gasteiger partial charge on any atom is -0.317 e. The van der Waals surface area contributed by atoms with Gasteiger partial charge in [0, 0.05) is 37.4 Å². The van der Waals surface area contributed by atoms with Crippen molar-refractivity contribution < 1.29 is 4.79 Å². The van der Waals surface area contributed by atoms with E-state index in [-0.39, 0.29) is 18.3 Å². The highest BCUT2D eigenvalue weighted by atomic mass is 35.5. The number of rotatable bonds is 5. The van der Waals surface area contributed by atoms with Gasteiger partial charge in [-0.2, -0.15) is 0 Å². The lowest BCUT2D eigenvalue weighted by Crippen LogP contribution is -2.27. The Morgan fingerprint density at radius 1 is 1.19 bits per heavy atom. The van der Waals surface area contributed by atoms with Gasteiger partial charge in [0.25, 0.3) is 0 Å². The molecule has 1 unspecified atom stereocenters. The molecule has 27 heavy (non-hydrogen) atoms. The molecule has 146 valence electrons. The number of nitrogens with zero attached hydrogens (tertiary/aromatic N) is 4. The van der Waals surface area contributed by atoms with Crippen LogP contribution in [0.1, 0.15) is 31.0 Å². The molecule has 0 aliphatic carbocycles. The summed E-state index contributed by atoms with van der Waals surface area (Å²) in [6.45, 7) is 2.90. The number of benzene rings is 1. The number of hydrogen-bond acceptors (Lipinski definition) is 5. The van der Waals surface area contributed by atoms with Crippen molar-refractivity contribution in [2.45, 2.75) is 30.3 Å². The lowest BCUT2D eigenvalue weighted by Gasteiger charge is -2.21. The number of anilines is 1. The van der Waals surface area contributed by atoms with E-state index in [0.29, 0.717) is 18.3 Å². The average Bonchev–Trinajstić information content (AvgIpc) is 3.24. The number of piperidine rings is 1. The minimum absolute atomic E-state index is 0. The molecule has 1 atom stereocenters. The third-order valence-corrected chi connectivity index (χ3v) is 6.55. The Hall–Kier alpha value is -1.57. The van der Waals surface area contributed by atoms with Crippen LogP contribution >= 0.6 is 24.2 Å². The zero-order valence-corrected chi connectivity index (χ0v) is 17.1. The van der Waals surface area contributed by atoms with Crippen molar-refractivity contribution >= 4 is 35.8 Å². The Bertz CT molecular complexity index is 763. The summed E-state index contributed by atoms with van der Waals surface area (Å²) >= 11 is 1.72. The summed E-state index contributed by atoms with van der Waals surface area (Å²) in [5.41, 5.74) is 0.997. The van der Waals surface area contributed by atoms with Crippen LogP contribution in [-0.2, 0) is 11.8 Å². The molecule has 2 aliphatic heterocycles. The van der Waals surface area contributed by atoms with Crippen LogP contribution in [0.25, 0.3) is 0 Å². The number of hydrogen-bond donors (Lipinski definition) is 1. The Kier molecular flexibility index (Phi) is 6.78. The normalized spacial score (nSPS) is 20.7. The van der Waals surface area contributed by atoms with E-state index in [0.717, 1.165) is 54.9 Å². The average molecular weight is 408 g/mol. The number of carbonyl (C=O) groups is 1. The van der Waals surface area contributed by atoms with Crippen LogP contribution in [0, 0.1) is 5.92 Å². The van der Waals surface area contributed by atoms with E-state index in [1.807, 2.05) is 35.2 Å². The maximum absolute atomic E-state index is 12.4. The molecule has 6 nitrogen and oxygen atoms in total. The van der Waals surface area contributed by atoms with E-state index in [2.05, 4.69) is 27.1 Å². The highest BCUT2D eigenvalue weighted by Gasteiger charge is 2.31. The van der Waals surface area contributed by atoms with Crippen molar-refractivity contribution in [1.29, 1.82) is 0 Å². The monoisotopic (exact) mass is 407 g/mol. The van der Waals surface area contributed by atoms with Gasteiger partial charge in [-0.05, 0) is 44.0 Å². The molecule has 4 rings (SSSR count). The zero-order chi connectivity index (χ0) is 17.9. The molecule has 1 aromatic heterocycles. The van der Waals surface area contributed by atoms with E-state index in [9.17, 15) is 4.79 Å². The number of aromatic nitrogens is 3. The molecule has 0 radical (unpaired) electrons. The summed E-state index contributed by atoms with van der Waals surface area (Å²) in [4.78, 5) is 14.3. The molecule has 1 N–H and O–H groups in total. The lowest BCUT2D eigenvalue weighted by atomic mass is 9.97. The Morgan fingerprint density at radius 3 is 2.67 bits per heavy atom. The van der Waals surface area contributed by atoms with Crippen molar-refractivity contribution in [2.24, 2.45) is 13.0 Å². The number of carbonyl (C=O) groups excluding carboxylic acids is 1. The maximum Gasteiger partial charge on any atom is 0.227 e. The summed E-state index contributed by atoms with van der Waals surface area (Å²) in [5, 5.41) is 13.2. The lowest BCUT2D eigenvalue weighted by molar-refractivity contribution is -0.117. The second-order valence-electron chi connectivity index (χ2n) is 7.15. The SMILES string of the molecule is Cl.Cn1c(SCC2CC(=O)N(c3ccccc3)C2)nnc1C1CCNCC1. The van der Waals surface area contributed by atoms with Crippen LogP contribution in [0.3, 0.4) is 0 Å².